The molecule has 22 heavy (non-hydrogen) atoms. The van der Waals surface area contributed by atoms with Gasteiger partial charge in [0.05, 0.1) is 23.1 Å². The minimum atomic E-state index is -0.227. The van der Waals surface area contributed by atoms with Crippen molar-refractivity contribution in [2.24, 2.45) is 0 Å². The number of amides is 1. The predicted octanol–water partition coefficient (Wildman–Crippen LogP) is 3.59. The Morgan fingerprint density at radius 3 is 2.59 bits per heavy atom. The van der Waals surface area contributed by atoms with Crippen LogP contribution in [0.1, 0.15) is 16.1 Å². The van der Waals surface area contributed by atoms with Crippen LogP contribution in [0.25, 0.3) is 5.69 Å². The number of nitrogens with zero attached hydrogens (tertiary/aromatic N) is 3. The highest BCUT2D eigenvalue weighted by atomic mass is 79.9. The molecule has 0 aliphatic carbocycles. The van der Waals surface area contributed by atoms with Crippen LogP contribution in [0.3, 0.4) is 0 Å². The first-order chi connectivity index (χ1) is 10.6. The van der Waals surface area contributed by atoms with Crippen LogP contribution in [0.4, 0.5) is 5.82 Å². The van der Waals surface area contributed by atoms with Crippen LogP contribution in [0.2, 0.25) is 0 Å². The number of hydrogen-bond donors (Lipinski definition) is 1. The van der Waals surface area contributed by atoms with E-state index in [4.69, 9.17) is 0 Å². The summed E-state index contributed by atoms with van der Waals surface area (Å²) in [5.41, 5.74) is 2.22. The number of halogens is 1. The summed E-state index contributed by atoms with van der Waals surface area (Å²) in [6.07, 6.45) is 3.20. The molecule has 0 fully saturated rings. The maximum absolute atomic E-state index is 12.3. The fraction of sp³-hybridized carbons (Fsp3) is 0.0625. The van der Waals surface area contributed by atoms with Crippen LogP contribution in [-0.4, -0.2) is 20.7 Å². The second-order valence-corrected chi connectivity index (χ2v) is 5.62. The van der Waals surface area contributed by atoms with Crippen molar-refractivity contribution in [3.63, 3.8) is 0 Å². The standard InChI is InChI=1S/C16H13BrN4O/c1-11-14(10-19-21(11)13-5-3-2-4-6-13)16(22)20-15-8-7-12(17)9-18-15/h2-10H,1H3,(H,18,20,22). The highest BCUT2D eigenvalue weighted by molar-refractivity contribution is 9.10. The average molecular weight is 357 g/mol. The minimum Gasteiger partial charge on any atom is -0.306 e. The molecule has 2 aromatic heterocycles. The summed E-state index contributed by atoms with van der Waals surface area (Å²) in [6.45, 7) is 1.87. The van der Waals surface area contributed by atoms with Gasteiger partial charge in [-0.2, -0.15) is 5.10 Å². The van der Waals surface area contributed by atoms with Crippen LogP contribution in [-0.2, 0) is 0 Å². The molecule has 110 valence electrons. The summed E-state index contributed by atoms with van der Waals surface area (Å²) in [6, 6.07) is 13.2. The maximum Gasteiger partial charge on any atom is 0.260 e. The quantitative estimate of drug-likeness (QED) is 0.779. The van der Waals surface area contributed by atoms with Crippen molar-refractivity contribution in [3.05, 3.63) is 70.6 Å². The third kappa shape index (κ3) is 2.92. The van der Waals surface area contributed by atoms with Crippen molar-refractivity contribution in [3.8, 4) is 5.69 Å². The fourth-order valence-electron chi connectivity index (χ4n) is 2.10. The molecule has 6 heteroatoms. The van der Waals surface area contributed by atoms with Gasteiger partial charge in [0.25, 0.3) is 5.91 Å². The van der Waals surface area contributed by atoms with Crippen molar-refractivity contribution in [2.75, 3.05) is 5.32 Å². The van der Waals surface area contributed by atoms with Gasteiger partial charge in [-0.15, -0.1) is 0 Å². The maximum atomic E-state index is 12.3. The molecule has 1 N–H and O–H groups in total. The molecule has 1 aromatic carbocycles. The lowest BCUT2D eigenvalue weighted by atomic mass is 10.2. The lowest BCUT2D eigenvalue weighted by Gasteiger charge is -2.06. The van der Waals surface area contributed by atoms with E-state index in [1.165, 1.54) is 0 Å². The van der Waals surface area contributed by atoms with E-state index in [0.29, 0.717) is 11.4 Å². The van der Waals surface area contributed by atoms with E-state index < -0.39 is 0 Å². The molecule has 0 spiro atoms. The van der Waals surface area contributed by atoms with Gasteiger partial charge in [-0.3, -0.25) is 4.79 Å². The molecule has 0 aliphatic rings. The second kappa shape index (κ2) is 6.11. The fourth-order valence-corrected chi connectivity index (χ4v) is 2.33. The first kappa shape index (κ1) is 14.5. The first-order valence-electron chi connectivity index (χ1n) is 6.68. The number of hydrogen-bond acceptors (Lipinski definition) is 3. The summed E-state index contributed by atoms with van der Waals surface area (Å²) in [7, 11) is 0. The Balaban J connectivity index is 1.85. The number of carbonyl (C=O) groups is 1. The Morgan fingerprint density at radius 2 is 1.91 bits per heavy atom. The number of para-hydroxylation sites is 1. The summed E-state index contributed by atoms with van der Waals surface area (Å²) >= 11 is 3.31. The van der Waals surface area contributed by atoms with Crippen molar-refractivity contribution in [1.29, 1.82) is 0 Å². The summed E-state index contributed by atoms with van der Waals surface area (Å²) < 4.78 is 2.60. The highest BCUT2D eigenvalue weighted by Gasteiger charge is 2.15. The molecule has 0 atom stereocenters. The largest absolute Gasteiger partial charge is 0.306 e. The predicted molar refractivity (Wildman–Crippen MR) is 88.2 cm³/mol. The molecule has 0 saturated heterocycles. The van der Waals surface area contributed by atoms with Gasteiger partial charge in [-0.05, 0) is 47.1 Å². The van der Waals surface area contributed by atoms with Crippen LogP contribution in [0.15, 0.2) is 59.3 Å². The van der Waals surface area contributed by atoms with Gasteiger partial charge >= 0.3 is 0 Å². The molecule has 0 radical (unpaired) electrons. The van der Waals surface area contributed by atoms with E-state index in [-0.39, 0.29) is 5.91 Å². The molecule has 0 unspecified atom stereocenters. The van der Waals surface area contributed by atoms with E-state index >= 15 is 0 Å². The van der Waals surface area contributed by atoms with Gasteiger partial charge in [0, 0.05) is 10.7 Å². The third-order valence-corrected chi connectivity index (χ3v) is 3.69. The molecule has 3 rings (SSSR count). The zero-order valence-electron chi connectivity index (χ0n) is 11.8. The monoisotopic (exact) mass is 356 g/mol. The normalized spacial score (nSPS) is 10.5. The van der Waals surface area contributed by atoms with Gasteiger partial charge in [0.1, 0.15) is 5.82 Å². The van der Waals surface area contributed by atoms with Crippen LogP contribution in [0.5, 0.6) is 0 Å². The van der Waals surface area contributed by atoms with E-state index in [9.17, 15) is 4.79 Å². The van der Waals surface area contributed by atoms with Crippen molar-refractivity contribution < 1.29 is 4.79 Å². The van der Waals surface area contributed by atoms with E-state index in [1.54, 1.807) is 23.1 Å². The van der Waals surface area contributed by atoms with Crippen LogP contribution < -0.4 is 5.32 Å². The van der Waals surface area contributed by atoms with Gasteiger partial charge in [0.15, 0.2) is 0 Å². The van der Waals surface area contributed by atoms with Crippen LogP contribution in [0, 0.1) is 6.92 Å². The molecule has 0 aliphatic heterocycles. The van der Waals surface area contributed by atoms with Crippen molar-refractivity contribution in [1.82, 2.24) is 14.8 Å². The SMILES string of the molecule is Cc1c(C(=O)Nc2ccc(Br)cn2)cnn1-c1ccccc1. The number of carbonyl (C=O) groups excluding carboxylic acids is 1. The topological polar surface area (TPSA) is 59.8 Å². The second-order valence-electron chi connectivity index (χ2n) is 4.71. The number of rotatable bonds is 3. The van der Waals surface area contributed by atoms with Crippen molar-refractivity contribution in [2.45, 2.75) is 6.92 Å². The molecule has 2 heterocycles. The zero-order chi connectivity index (χ0) is 15.5. The van der Waals surface area contributed by atoms with Gasteiger partial charge in [-0.1, -0.05) is 18.2 Å². The highest BCUT2D eigenvalue weighted by Crippen LogP contribution is 2.16. The van der Waals surface area contributed by atoms with Crippen molar-refractivity contribution >= 4 is 27.7 Å². The Labute approximate surface area is 136 Å². The lowest BCUT2D eigenvalue weighted by molar-refractivity contribution is 0.102. The molecular formula is C16H13BrN4O. The van der Waals surface area contributed by atoms with Crippen LogP contribution >= 0.6 is 15.9 Å². The number of pyridine rings is 1. The number of anilines is 1. The van der Waals surface area contributed by atoms with Gasteiger partial charge in [-0.25, -0.2) is 9.67 Å². The van der Waals surface area contributed by atoms with E-state index in [2.05, 4.69) is 31.3 Å². The lowest BCUT2D eigenvalue weighted by Crippen LogP contribution is -2.14. The molecule has 3 aromatic rings. The van der Waals surface area contributed by atoms with Gasteiger partial charge in [0.2, 0.25) is 0 Å². The molecule has 5 nitrogen and oxygen atoms in total. The summed E-state index contributed by atoms with van der Waals surface area (Å²) in [4.78, 5) is 16.5. The Morgan fingerprint density at radius 1 is 1.14 bits per heavy atom. The Hall–Kier alpha value is -2.47. The minimum absolute atomic E-state index is 0.227. The Bertz CT molecular complexity index is 797. The summed E-state index contributed by atoms with van der Waals surface area (Å²) in [5, 5.41) is 7.06. The molecular weight excluding hydrogens is 344 g/mol. The average Bonchev–Trinajstić information content (AvgIpc) is 2.92. The van der Waals surface area contributed by atoms with E-state index in [1.807, 2.05) is 43.3 Å². The smallest absolute Gasteiger partial charge is 0.260 e. The van der Waals surface area contributed by atoms with Gasteiger partial charge < -0.3 is 5.32 Å². The molecule has 0 bridgehead atoms. The van der Waals surface area contributed by atoms with E-state index in [0.717, 1.165) is 15.9 Å². The third-order valence-electron chi connectivity index (χ3n) is 3.22. The summed E-state index contributed by atoms with van der Waals surface area (Å²) in [5.74, 6) is 0.273. The number of benzene rings is 1. The molecule has 0 saturated carbocycles. The Kier molecular flexibility index (Phi) is 4.02. The number of aromatic nitrogens is 3. The zero-order valence-corrected chi connectivity index (χ0v) is 13.4. The first-order valence-corrected chi connectivity index (χ1v) is 7.47. The number of nitrogens with one attached hydrogen (secondary N) is 1. The molecule has 1 amide bonds.